The minimum Gasteiger partial charge on any atom is -0.389 e. The number of carbonyl (C=O) groups is 1. The number of benzene rings is 1. The Balaban J connectivity index is 2.33. The number of carbonyl (C=O) groups excluding carboxylic acids is 1. The van der Waals surface area contributed by atoms with Gasteiger partial charge in [0, 0.05) is 30.2 Å². The van der Waals surface area contributed by atoms with Crippen LogP contribution < -0.4 is 10.6 Å². The molecule has 0 aliphatic rings. The number of ether oxygens (including phenoxy) is 1. The van der Waals surface area contributed by atoms with Gasteiger partial charge in [0.1, 0.15) is 0 Å². The lowest BCUT2D eigenvalue weighted by Crippen LogP contribution is -2.40. The van der Waals surface area contributed by atoms with Crippen LogP contribution in [0.15, 0.2) is 18.2 Å². The van der Waals surface area contributed by atoms with Gasteiger partial charge in [0.15, 0.2) is 0 Å². The van der Waals surface area contributed by atoms with Gasteiger partial charge in [0.2, 0.25) is 0 Å². The highest BCUT2D eigenvalue weighted by Gasteiger charge is 2.07. The SMILES string of the molecule is COCC(O)CNC(=O)NCc1ccc(Cl)cc1Cl. The molecule has 19 heavy (non-hydrogen) atoms. The topological polar surface area (TPSA) is 70.6 Å². The molecule has 1 aromatic rings. The summed E-state index contributed by atoms with van der Waals surface area (Å²) in [5.41, 5.74) is 0.763. The first kappa shape index (κ1) is 16.0. The quantitative estimate of drug-likeness (QED) is 0.750. The number of urea groups is 1. The fraction of sp³-hybridized carbons (Fsp3) is 0.417. The van der Waals surface area contributed by atoms with Crippen molar-refractivity contribution >= 4 is 29.2 Å². The number of aliphatic hydroxyl groups excluding tert-OH is 1. The maximum Gasteiger partial charge on any atom is 0.315 e. The molecule has 0 spiro atoms. The molecule has 0 radical (unpaired) electrons. The van der Waals surface area contributed by atoms with Gasteiger partial charge in [-0.15, -0.1) is 0 Å². The molecule has 106 valence electrons. The monoisotopic (exact) mass is 306 g/mol. The van der Waals surface area contributed by atoms with Gasteiger partial charge in [-0.3, -0.25) is 0 Å². The Morgan fingerprint density at radius 1 is 1.42 bits per heavy atom. The molecule has 0 aliphatic heterocycles. The van der Waals surface area contributed by atoms with E-state index in [-0.39, 0.29) is 25.7 Å². The lowest BCUT2D eigenvalue weighted by molar-refractivity contribution is 0.0660. The third-order valence-electron chi connectivity index (χ3n) is 2.31. The molecule has 3 N–H and O–H groups in total. The van der Waals surface area contributed by atoms with E-state index in [1.54, 1.807) is 18.2 Å². The van der Waals surface area contributed by atoms with E-state index >= 15 is 0 Å². The summed E-state index contributed by atoms with van der Waals surface area (Å²) in [4.78, 5) is 11.5. The average Bonchev–Trinajstić information content (AvgIpc) is 2.35. The van der Waals surface area contributed by atoms with Crippen LogP contribution in [0.3, 0.4) is 0 Å². The molecule has 1 unspecified atom stereocenters. The fourth-order valence-electron chi connectivity index (χ4n) is 1.36. The molecule has 0 fully saturated rings. The van der Waals surface area contributed by atoms with Crippen LogP contribution >= 0.6 is 23.2 Å². The zero-order chi connectivity index (χ0) is 14.3. The van der Waals surface area contributed by atoms with E-state index in [1.165, 1.54) is 7.11 Å². The summed E-state index contributed by atoms with van der Waals surface area (Å²) in [5.74, 6) is 0. The first-order valence-corrected chi connectivity index (χ1v) is 6.41. The minimum atomic E-state index is -0.727. The summed E-state index contributed by atoms with van der Waals surface area (Å²) in [6.45, 7) is 0.569. The summed E-state index contributed by atoms with van der Waals surface area (Å²) in [5, 5.41) is 15.5. The molecule has 1 aromatic carbocycles. The number of halogens is 2. The van der Waals surface area contributed by atoms with Crippen molar-refractivity contribution in [3.05, 3.63) is 33.8 Å². The van der Waals surface area contributed by atoms with Gasteiger partial charge in [-0.1, -0.05) is 29.3 Å². The van der Waals surface area contributed by atoms with Crippen molar-refractivity contribution in [2.75, 3.05) is 20.3 Å². The zero-order valence-electron chi connectivity index (χ0n) is 10.5. The van der Waals surface area contributed by atoms with E-state index in [9.17, 15) is 9.90 Å². The van der Waals surface area contributed by atoms with Crippen LogP contribution in [-0.2, 0) is 11.3 Å². The van der Waals surface area contributed by atoms with Gasteiger partial charge in [-0.05, 0) is 17.7 Å². The van der Waals surface area contributed by atoms with Crippen molar-refractivity contribution < 1.29 is 14.6 Å². The van der Waals surface area contributed by atoms with Crippen molar-refractivity contribution in [3.8, 4) is 0 Å². The van der Waals surface area contributed by atoms with E-state index in [0.717, 1.165) is 5.56 Å². The summed E-state index contributed by atoms with van der Waals surface area (Å²) >= 11 is 11.7. The van der Waals surface area contributed by atoms with Crippen LogP contribution in [0, 0.1) is 0 Å². The Labute approximate surface area is 121 Å². The van der Waals surface area contributed by atoms with E-state index in [1.807, 2.05) is 0 Å². The van der Waals surface area contributed by atoms with Crippen molar-refractivity contribution in [1.82, 2.24) is 10.6 Å². The van der Waals surface area contributed by atoms with Crippen LogP contribution in [0.25, 0.3) is 0 Å². The van der Waals surface area contributed by atoms with Gasteiger partial charge in [0.05, 0.1) is 12.7 Å². The number of rotatable bonds is 6. The first-order chi connectivity index (χ1) is 9.02. The van der Waals surface area contributed by atoms with Crippen LogP contribution in [0.2, 0.25) is 10.0 Å². The number of hydrogen-bond donors (Lipinski definition) is 3. The maximum atomic E-state index is 11.5. The van der Waals surface area contributed by atoms with Gasteiger partial charge < -0.3 is 20.5 Å². The molecule has 0 heterocycles. The molecule has 1 rings (SSSR count). The highest BCUT2D eigenvalue weighted by Crippen LogP contribution is 2.20. The van der Waals surface area contributed by atoms with Crippen LogP contribution in [0.5, 0.6) is 0 Å². The average molecular weight is 307 g/mol. The largest absolute Gasteiger partial charge is 0.389 e. The summed E-state index contributed by atoms with van der Waals surface area (Å²) in [6.07, 6.45) is -0.727. The molecular weight excluding hydrogens is 291 g/mol. The Morgan fingerprint density at radius 2 is 2.16 bits per heavy atom. The van der Waals surface area contributed by atoms with E-state index in [2.05, 4.69) is 10.6 Å². The summed E-state index contributed by atoms with van der Waals surface area (Å²) < 4.78 is 4.74. The Kier molecular flexibility index (Phi) is 6.94. The first-order valence-electron chi connectivity index (χ1n) is 5.65. The normalized spacial score (nSPS) is 12.0. The number of hydrogen-bond acceptors (Lipinski definition) is 3. The molecule has 7 heteroatoms. The fourth-order valence-corrected chi connectivity index (χ4v) is 1.84. The lowest BCUT2D eigenvalue weighted by atomic mass is 10.2. The van der Waals surface area contributed by atoms with E-state index in [4.69, 9.17) is 27.9 Å². The molecule has 0 bridgehead atoms. The predicted octanol–water partition coefficient (Wildman–Crippen LogP) is 1.80. The Hall–Kier alpha value is -1.01. The predicted molar refractivity (Wildman–Crippen MR) is 74.6 cm³/mol. The maximum absolute atomic E-state index is 11.5. The zero-order valence-corrected chi connectivity index (χ0v) is 12.0. The van der Waals surface area contributed by atoms with Crippen LogP contribution in [0.1, 0.15) is 5.56 Å². The molecule has 5 nitrogen and oxygen atoms in total. The smallest absolute Gasteiger partial charge is 0.315 e. The second kappa shape index (κ2) is 8.22. The molecule has 1 atom stereocenters. The molecule has 0 saturated heterocycles. The number of amides is 2. The second-order valence-corrected chi connectivity index (χ2v) is 4.75. The minimum absolute atomic E-state index is 0.119. The molecule has 0 aromatic heterocycles. The Morgan fingerprint density at radius 3 is 2.79 bits per heavy atom. The number of methoxy groups -OCH3 is 1. The van der Waals surface area contributed by atoms with Crippen LogP contribution in [-0.4, -0.2) is 37.5 Å². The number of nitrogens with one attached hydrogen (secondary N) is 2. The summed E-state index contributed by atoms with van der Waals surface area (Å²) in [6, 6.07) is 4.66. The Bertz CT molecular complexity index is 429. The molecule has 0 aliphatic carbocycles. The van der Waals surface area contributed by atoms with Crippen molar-refractivity contribution in [1.29, 1.82) is 0 Å². The third-order valence-corrected chi connectivity index (χ3v) is 2.90. The second-order valence-electron chi connectivity index (χ2n) is 3.91. The van der Waals surface area contributed by atoms with Crippen molar-refractivity contribution in [2.45, 2.75) is 12.6 Å². The highest BCUT2D eigenvalue weighted by atomic mass is 35.5. The third kappa shape index (κ3) is 6.11. The standard InChI is InChI=1S/C12H16Cl2N2O3/c1-19-7-10(17)6-16-12(18)15-5-8-2-3-9(13)4-11(8)14/h2-4,10,17H,5-7H2,1H3,(H2,15,16,18). The molecule has 0 saturated carbocycles. The highest BCUT2D eigenvalue weighted by molar-refractivity contribution is 6.35. The van der Waals surface area contributed by atoms with E-state index in [0.29, 0.717) is 10.0 Å². The van der Waals surface area contributed by atoms with Crippen molar-refractivity contribution in [2.24, 2.45) is 0 Å². The summed E-state index contributed by atoms with van der Waals surface area (Å²) in [7, 11) is 1.48. The molecular formula is C12H16Cl2N2O3. The van der Waals surface area contributed by atoms with Gasteiger partial charge in [-0.25, -0.2) is 4.79 Å². The molecule has 2 amide bonds. The van der Waals surface area contributed by atoms with Gasteiger partial charge >= 0.3 is 6.03 Å². The van der Waals surface area contributed by atoms with E-state index < -0.39 is 6.10 Å². The van der Waals surface area contributed by atoms with Gasteiger partial charge in [-0.2, -0.15) is 0 Å². The van der Waals surface area contributed by atoms with Crippen molar-refractivity contribution in [3.63, 3.8) is 0 Å². The number of aliphatic hydroxyl groups is 1. The van der Waals surface area contributed by atoms with Crippen LogP contribution in [0.4, 0.5) is 4.79 Å². The lowest BCUT2D eigenvalue weighted by Gasteiger charge is -2.12. The van der Waals surface area contributed by atoms with Gasteiger partial charge in [0.25, 0.3) is 0 Å².